The van der Waals surface area contributed by atoms with Crippen molar-refractivity contribution in [2.24, 2.45) is 0 Å². The Morgan fingerprint density at radius 3 is 2.35 bits per heavy atom. The second-order valence-electron chi connectivity index (χ2n) is 8.95. The zero-order valence-electron chi connectivity index (χ0n) is 18.5. The van der Waals surface area contributed by atoms with Gasteiger partial charge in [0.2, 0.25) is 0 Å². The first kappa shape index (κ1) is 21.5. The van der Waals surface area contributed by atoms with Crippen molar-refractivity contribution in [3.63, 3.8) is 0 Å². The van der Waals surface area contributed by atoms with E-state index in [9.17, 15) is 8.42 Å². The molecule has 3 aliphatic rings. The Labute approximate surface area is 188 Å². The second kappa shape index (κ2) is 8.22. The van der Waals surface area contributed by atoms with E-state index in [4.69, 9.17) is 14.7 Å². The summed E-state index contributed by atoms with van der Waals surface area (Å²) in [5.74, 6) is 1.78. The van der Waals surface area contributed by atoms with Crippen molar-refractivity contribution in [3.8, 4) is 0 Å². The summed E-state index contributed by atoms with van der Waals surface area (Å²) >= 11 is 1.81. The van der Waals surface area contributed by atoms with E-state index in [0.717, 1.165) is 29.3 Å². The summed E-state index contributed by atoms with van der Waals surface area (Å²) < 4.78 is 35.4. The second-order valence-corrected chi connectivity index (χ2v) is 12.0. The molecule has 2 aromatic heterocycles. The maximum absolute atomic E-state index is 13.2. The average molecular weight is 466 g/mol. The molecular formula is C21H31N5O3S2. The molecule has 2 atom stereocenters. The number of fused-ring (bicyclic) bond motifs is 3. The van der Waals surface area contributed by atoms with Crippen LogP contribution in [0.3, 0.4) is 0 Å². The van der Waals surface area contributed by atoms with Gasteiger partial charge in [0.15, 0.2) is 0 Å². The summed E-state index contributed by atoms with van der Waals surface area (Å²) in [6, 6.07) is 0. The minimum absolute atomic E-state index is 0.0816. The molecule has 31 heavy (non-hydrogen) atoms. The Morgan fingerprint density at radius 2 is 1.65 bits per heavy atom. The molecule has 170 valence electrons. The first-order valence-electron chi connectivity index (χ1n) is 11.3. The molecule has 0 bridgehead atoms. The van der Waals surface area contributed by atoms with Gasteiger partial charge < -0.3 is 9.64 Å². The fourth-order valence-electron chi connectivity index (χ4n) is 5.08. The van der Waals surface area contributed by atoms with E-state index < -0.39 is 10.2 Å². The third-order valence-corrected chi connectivity index (χ3v) is 9.64. The summed E-state index contributed by atoms with van der Waals surface area (Å²) in [4.78, 5) is 14.4. The van der Waals surface area contributed by atoms with Gasteiger partial charge in [0.05, 0.1) is 17.6 Å². The van der Waals surface area contributed by atoms with Gasteiger partial charge in [0.1, 0.15) is 16.5 Å². The number of ether oxygens (including phenoxy) is 1. The minimum Gasteiger partial charge on any atom is -0.373 e. The highest BCUT2D eigenvalue weighted by Crippen LogP contribution is 2.40. The van der Waals surface area contributed by atoms with E-state index >= 15 is 0 Å². The van der Waals surface area contributed by atoms with Crippen molar-refractivity contribution < 1.29 is 13.2 Å². The van der Waals surface area contributed by atoms with Crippen LogP contribution in [0.5, 0.6) is 0 Å². The summed E-state index contributed by atoms with van der Waals surface area (Å²) in [5.41, 5.74) is 1.42. The highest BCUT2D eigenvalue weighted by atomic mass is 32.2. The molecule has 0 saturated carbocycles. The molecule has 0 aromatic carbocycles. The maximum atomic E-state index is 13.2. The lowest BCUT2D eigenvalue weighted by Gasteiger charge is -2.40. The minimum atomic E-state index is -3.48. The number of aromatic nitrogens is 2. The van der Waals surface area contributed by atoms with Crippen molar-refractivity contribution in [2.45, 2.75) is 58.7 Å². The quantitative estimate of drug-likeness (QED) is 0.692. The van der Waals surface area contributed by atoms with Gasteiger partial charge in [0, 0.05) is 44.1 Å². The number of hydrogen-bond donors (Lipinski definition) is 0. The zero-order chi connectivity index (χ0) is 21.8. The molecule has 0 radical (unpaired) electrons. The van der Waals surface area contributed by atoms with Gasteiger partial charge in [-0.15, -0.1) is 11.3 Å². The van der Waals surface area contributed by atoms with Crippen LogP contribution in [-0.4, -0.2) is 78.5 Å². The van der Waals surface area contributed by atoms with Gasteiger partial charge in [-0.25, -0.2) is 9.97 Å². The number of hydrogen-bond acceptors (Lipinski definition) is 7. The van der Waals surface area contributed by atoms with E-state index in [-0.39, 0.29) is 12.2 Å². The molecule has 4 heterocycles. The van der Waals surface area contributed by atoms with Crippen LogP contribution in [0.4, 0.5) is 5.82 Å². The van der Waals surface area contributed by atoms with Crippen LogP contribution in [0.2, 0.25) is 0 Å². The number of rotatable bonds is 3. The maximum Gasteiger partial charge on any atom is 0.282 e. The molecule has 0 unspecified atom stereocenters. The summed E-state index contributed by atoms with van der Waals surface area (Å²) in [7, 11) is -3.48. The van der Waals surface area contributed by atoms with Gasteiger partial charge in [-0.3, -0.25) is 0 Å². The first-order valence-corrected chi connectivity index (χ1v) is 13.5. The lowest BCUT2D eigenvalue weighted by molar-refractivity contribution is -0.0455. The third-order valence-electron chi connectivity index (χ3n) is 6.48. The van der Waals surface area contributed by atoms with Crippen LogP contribution in [0.15, 0.2) is 0 Å². The fourth-order valence-corrected chi connectivity index (χ4v) is 8.13. The number of aryl methyl sites for hydroxylation is 3. The van der Waals surface area contributed by atoms with Crippen LogP contribution < -0.4 is 4.90 Å². The number of piperazine rings is 1. The molecule has 10 heteroatoms. The molecule has 2 saturated heterocycles. The fraction of sp³-hybridized carbons (Fsp3) is 0.714. The summed E-state index contributed by atoms with van der Waals surface area (Å²) in [6.07, 6.45) is 4.53. The Hall–Kier alpha value is -1.33. The summed E-state index contributed by atoms with van der Waals surface area (Å²) in [6.45, 7) is 8.87. The monoisotopic (exact) mass is 465 g/mol. The number of anilines is 1. The molecule has 0 N–H and O–H groups in total. The van der Waals surface area contributed by atoms with Crippen LogP contribution in [0.25, 0.3) is 10.2 Å². The highest BCUT2D eigenvalue weighted by molar-refractivity contribution is 7.86. The number of morpholine rings is 1. The number of nitrogens with zero attached hydrogens (tertiary/aromatic N) is 5. The SMILES string of the molecule is Cc1nc(N2CCN(S(=O)(=O)N3C[C@@H](C)O[C@@H](C)C3)CC2)c2c3c(sc2n1)CCCC3. The van der Waals surface area contributed by atoms with E-state index in [1.165, 1.54) is 28.7 Å². The van der Waals surface area contributed by atoms with Crippen molar-refractivity contribution >= 4 is 37.6 Å². The predicted octanol–water partition coefficient (Wildman–Crippen LogP) is 2.35. The van der Waals surface area contributed by atoms with Crippen LogP contribution in [0, 0.1) is 6.92 Å². The third kappa shape index (κ3) is 3.97. The molecule has 2 aliphatic heterocycles. The Kier molecular flexibility index (Phi) is 5.71. The lowest BCUT2D eigenvalue weighted by atomic mass is 9.97. The Morgan fingerprint density at radius 1 is 0.968 bits per heavy atom. The molecule has 2 aromatic rings. The van der Waals surface area contributed by atoms with Crippen LogP contribution in [0.1, 0.15) is 43.0 Å². The van der Waals surface area contributed by atoms with E-state index in [1.807, 2.05) is 32.1 Å². The zero-order valence-corrected chi connectivity index (χ0v) is 20.1. The van der Waals surface area contributed by atoms with Gasteiger partial charge in [-0.2, -0.15) is 17.0 Å². The largest absolute Gasteiger partial charge is 0.373 e. The average Bonchev–Trinajstić information content (AvgIpc) is 3.10. The van der Waals surface area contributed by atoms with Gasteiger partial charge in [-0.1, -0.05) is 0 Å². The van der Waals surface area contributed by atoms with Crippen molar-refractivity contribution in [1.82, 2.24) is 18.6 Å². The van der Waals surface area contributed by atoms with E-state index in [0.29, 0.717) is 39.3 Å². The molecule has 0 spiro atoms. The van der Waals surface area contributed by atoms with Gasteiger partial charge in [0.25, 0.3) is 10.2 Å². The highest BCUT2D eigenvalue weighted by Gasteiger charge is 2.37. The predicted molar refractivity (Wildman–Crippen MR) is 123 cm³/mol. The first-order chi connectivity index (χ1) is 14.8. The Balaban J connectivity index is 1.37. The molecule has 8 nitrogen and oxygen atoms in total. The Bertz CT molecular complexity index is 1070. The number of thiophene rings is 1. The molecule has 2 fully saturated rings. The normalized spacial score (nSPS) is 26.4. The topological polar surface area (TPSA) is 78.9 Å². The molecule has 1 aliphatic carbocycles. The summed E-state index contributed by atoms with van der Waals surface area (Å²) in [5, 5.41) is 1.21. The standard InChI is InChI=1S/C21H31N5O3S2/c1-14-12-26(13-15(2)29-14)31(27,28)25-10-8-24(9-11-25)20-19-17-6-4-5-7-18(17)30-21(19)23-16(3)22-20/h14-15H,4-13H2,1-3H3/t14-,15+. The van der Waals surface area contributed by atoms with Gasteiger partial charge in [-0.05, 0) is 52.0 Å². The van der Waals surface area contributed by atoms with Crippen molar-refractivity contribution in [2.75, 3.05) is 44.2 Å². The molecular weight excluding hydrogens is 434 g/mol. The van der Waals surface area contributed by atoms with E-state index in [1.54, 1.807) is 8.61 Å². The van der Waals surface area contributed by atoms with Crippen molar-refractivity contribution in [3.05, 3.63) is 16.3 Å². The van der Waals surface area contributed by atoms with Gasteiger partial charge >= 0.3 is 0 Å². The molecule has 0 amide bonds. The lowest BCUT2D eigenvalue weighted by Crippen LogP contribution is -2.57. The van der Waals surface area contributed by atoms with Crippen molar-refractivity contribution in [1.29, 1.82) is 0 Å². The van der Waals surface area contributed by atoms with Crippen LogP contribution >= 0.6 is 11.3 Å². The van der Waals surface area contributed by atoms with Crippen LogP contribution in [-0.2, 0) is 27.8 Å². The van der Waals surface area contributed by atoms with E-state index in [2.05, 4.69) is 4.90 Å². The smallest absolute Gasteiger partial charge is 0.282 e. The molecule has 5 rings (SSSR count).